The third-order valence-corrected chi connectivity index (χ3v) is 3.48. The second-order valence-corrected chi connectivity index (χ2v) is 4.83. The molecule has 0 radical (unpaired) electrons. The molecule has 98 valence electrons. The lowest BCUT2D eigenvalue weighted by Gasteiger charge is -2.16. The summed E-state index contributed by atoms with van der Waals surface area (Å²) in [5, 5.41) is 6.24. The number of aryl methyl sites for hydroxylation is 1. The smallest absolute Gasteiger partial charge is 0.229 e. The Bertz CT molecular complexity index is 445. The Morgan fingerprint density at radius 3 is 2.89 bits per heavy atom. The molecule has 4 heteroatoms. The Morgan fingerprint density at radius 2 is 2.28 bits per heavy atom. The van der Waals surface area contributed by atoms with Crippen LogP contribution in [0, 0.1) is 12.8 Å². The Balaban J connectivity index is 2.11. The zero-order chi connectivity index (χ0) is 13.1. The number of hydrogen-bond donors (Lipinski definition) is 2. The van der Waals surface area contributed by atoms with Gasteiger partial charge < -0.3 is 15.4 Å². The quantitative estimate of drug-likeness (QED) is 0.859. The summed E-state index contributed by atoms with van der Waals surface area (Å²) in [5.74, 6) is 0.813. The van der Waals surface area contributed by atoms with E-state index in [0.717, 1.165) is 24.2 Å². The van der Waals surface area contributed by atoms with Gasteiger partial charge in [-0.3, -0.25) is 4.79 Å². The molecule has 0 aliphatic carbocycles. The number of carbonyl (C=O) groups is 1. The summed E-state index contributed by atoms with van der Waals surface area (Å²) in [6.45, 7) is 4.95. The van der Waals surface area contributed by atoms with E-state index in [1.807, 2.05) is 32.0 Å². The molecule has 0 saturated carbocycles. The first kappa shape index (κ1) is 12.9. The molecular formula is C14H20N2O2. The van der Waals surface area contributed by atoms with Gasteiger partial charge in [-0.1, -0.05) is 6.07 Å². The number of benzene rings is 1. The Kier molecular flexibility index (Phi) is 3.87. The van der Waals surface area contributed by atoms with Gasteiger partial charge >= 0.3 is 0 Å². The van der Waals surface area contributed by atoms with Gasteiger partial charge in [0.25, 0.3) is 0 Å². The summed E-state index contributed by atoms with van der Waals surface area (Å²) < 4.78 is 5.29. The molecule has 0 bridgehead atoms. The van der Waals surface area contributed by atoms with E-state index in [0.29, 0.717) is 5.75 Å². The molecule has 1 aromatic carbocycles. The van der Waals surface area contributed by atoms with Gasteiger partial charge in [-0.2, -0.15) is 0 Å². The van der Waals surface area contributed by atoms with E-state index in [2.05, 4.69) is 10.6 Å². The fourth-order valence-corrected chi connectivity index (χ4v) is 2.34. The molecule has 1 amide bonds. The Hall–Kier alpha value is -1.55. The van der Waals surface area contributed by atoms with E-state index in [-0.39, 0.29) is 17.9 Å². The Labute approximate surface area is 108 Å². The van der Waals surface area contributed by atoms with Crippen molar-refractivity contribution in [2.45, 2.75) is 26.3 Å². The predicted octanol–water partition coefficient (Wildman–Crippen LogP) is 1.94. The fourth-order valence-electron chi connectivity index (χ4n) is 2.34. The van der Waals surface area contributed by atoms with Crippen LogP contribution in [0.1, 0.15) is 18.9 Å². The van der Waals surface area contributed by atoms with Gasteiger partial charge in [-0.15, -0.1) is 0 Å². The van der Waals surface area contributed by atoms with Crippen LogP contribution in [-0.2, 0) is 4.79 Å². The van der Waals surface area contributed by atoms with Crippen molar-refractivity contribution in [3.63, 3.8) is 0 Å². The van der Waals surface area contributed by atoms with Crippen molar-refractivity contribution < 1.29 is 9.53 Å². The molecule has 2 atom stereocenters. The number of hydrogen-bond acceptors (Lipinski definition) is 3. The lowest BCUT2D eigenvalue weighted by molar-refractivity contribution is -0.120. The molecule has 1 heterocycles. The molecule has 1 aliphatic rings. The number of methoxy groups -OCH3 is 1. The highest BCUT2D eigenvalue weighted by Gasteiger charge is 2.29. The normalized spacial score (nSPS) is 22.8. The van der Waals surface area contributed by atoms with Crippen LogP contribution in [0.5, 0.6) is 5.75 Å². The van der Waals surface area contributed by atoms with Crippen LogP contribution in [-0.4, -0.2) is 25.6 Å². The van der Waals surface area contributed by atoms with Crippen LogP contribution < -0.4 is 15.4 Å². The van der Waals surface area contributed by atoms with Crippen LogP contribution in [0.2, 0.25) is 0 Å². The van der Waals surface area contributed by atoms with Crippen LogP contribution in [0.3, 0.4) is 0 Å². The van der Waals surface area contributed by atoms with E-state index in [4.69, 9.17) is 4.74 Å². The molecule has 1 fully saturated rings. The number of carbonyl (C=O) groups excluding carboxylic acids is 1. The average Bonchev–Trinajstić information content (AvgIpc) is 2.77. The second kappa shape index (κ2) is 5.40. The lowest BCUT2D eigenvalue weighted by Crippen LogP contribution is -2.32. The van der Waals surface area contributed by atoms with E-state index in [1.165, 1.54) is 0 Å². The lowest BCUT2D eigenvalue weighted by atomic mass is 10.0. The summed E-state index contributed by atoms with van der Waals surface area (Å²) in [7, 11) is 1.62. The maximum Gasteiger partial charge on any atom is 0.229 e. The summed E-state index contributed by atoms with van der Waals surface area (Å²) >= 11 is 0. The van der Waals surface area contributed by atoms with Gasteiger partial charge in [0.2, 0.25) is 5.91 Å². The maximum atomic E-state index is 12.2. The number of ether oxygens (including phenoxy) is 1. The first-order valence-corrected chi connectivity index (χ1v) is 6.30. The van der Waals surface area contributed by atoms with Crippen LogP contribution >= 0.6 is 0 Å². The zero-order valence-corrected chi connectivity index (χ0v) is 11.1. The largest absolute Gasteiger partial charge is 0.495 e. The summed E-state index contributed by atoms with van der Waals surface area (Å²) in [6.07, 6.45) is 0.890. The molecular weight excluding hydrogens is 228 g/mol. The highest BCUT2D eigenvalue weighted by molar-refractivity contribution is 5.94. The van der Waals surface area contributed by atoms with Crippen molar-refractivity contribution in [2.24, 2.45) is 5.92 Å². The molecule has 18 heavy (non-hydrogen) atoms. The maximum absolute atomic E-state index is 12.2. The second-order valence-electron chi connectivity index (χ2n) is 4.83. The van der Waals surface area contributed by atoms with Gasteiger partial charge in [-0.25, -0.2) is 0 Å². The minimum absolute atomic E-state index is 0.0380. The molecule has 2 rings (SSSR count). The van der Waals surface area contributed by atoms with Crippen molar-refractivity contribution in [3.05, 3.63) is 23.8 Å². The summed E-state index contributed by atoms with van der Waals surface area (Å²) in [5.41, 5.74) is 1.85. The molecule has 1 saturated heterocycles. The third kappa shape index (κ3) is 2.64. The van der Waals surface area contributed by atoms with Gasteiger partial charge in [0, 0.05) is 6.04 Å². The highest BCUT2D eigenvalue weighted by Crippen LogP contribution is 2.27. The molecule has 1 aromatic rings. The summed E-state index contributed by atoms with van der Waals surface area (Å²) in [4.78, 5) is 12.2. The average molecular weight is 248 g/mol. The van der Waals surface area contributed by atoms with E-state index in [1.54, 1.807) is 7.11 Å². The van der Waals surface area contributed by atoms with Gasteiger partial charge in [-0.05, 0) is 44.5 Å². The van der Waals surface area contributed by atoms with Crippen molar-refractivity contribution >= 4 is 11.6 Å². The third-order valence-electron chi connectivity index (χ3n) is 3.48. The van der Waals surface area contributed by atoms with Crippen LogP contribution in [0.25, 0.3) is 0 Å². The topological polar surface area (TPSA) is 50.4 Å². The number of anilines is 1. The molecule has 2 unspecified atom stereocenters. The SMILES string of the molecule is COc1cc(C)ccc1NC(=O)C1CCNC1C. The number of nitrogens with one attached hydrogen (secondary N) is 2. The van der Waals surface area contributed by atoms with Crippen molar-refractivity contribution in [1.82, 2.24) is 5.32 Å². The van der Waals surface area contributed by atoms with Gasteiger partial charge in [0.15, 0.2) is 0 Å². The number of amides is 1. The van der Waals surface area contributed by atoms with Crippen molar-refractivity contribution in [3.8, 4) is 5.75 Å². The van der Waals surface area contributed by atoms with E-state index < -0.39 is 0 Å². The minimum Gasteiger partial charge on any atom is -0.495 e. The number of rotatable bonds is 3. The van der Waals surface area contributed by atoms with Crippen molar-refractivity contribution in [1.29, 1.82) is 0 Å². The van der Waals surface area contributed by atoms with Gasteiger partial charge in [0.05, 0.1) is 18.7 Å². The van der Waals surface area contributed by atoms with E-state index in [9.17, 15) is 4.79 Å². The van der Waals surface area contributed by atoms with E-state index >= 15 is 0 Å². The van der Waals surface area contributed by atoms with Gasteiger partial charge in [0.1, 0.15) is 5.75 Å². The highest BCUT2D eigenvalue weighted by atomic mass is 16.5. The monoisotopic (exact) mass is 248 g/mol. The zero-order valence-electron chi connectivity index (χ0n) is 11.1. The molecule has 2 N–H and O–H groups in total. The molecule has 1 aliphatic heterocycles. The standard InChI is InChI=1S/C14H20N2O2/c1-9-4-5-12(13(8-9)18-3)16-14(17)11-6-7-15-10(11)2/h4-5,8,10-11,15H,6-7H2,1-3H3,(H,16,17). The first-order chi connectivity index (χ1) is 8.61. The fraction of sp³-hybridized carbons (Fsp3) is 0.500. The van der Waals surface area contributed by atoms with Crippen molar-refractivity contribution in [2.75, 3.05) is 19.0 Å². The predicted molar refractivity (Wildman–Crippen MR) is 71.9 cm³/mol. The molecule has 0 aromatic heterocycles. The van der Waals surface area contributed by atoms with Crippen LogP contribution in [0.4, 0.5) is 5.69 Å². The first-order valence-electron chi connectivity index (χ1n) is 6.30. The summed E-state index contributed by atoms with van der Waals surface area (Å²) in [6, 6.07) is 6.01. The Morgan fingerprint density at radius 1 is 1.50 bits per heavy atom. The molecule has 4 nitrogen and oxygen atoms in total. The minimum atomic E-state index is 0.0380. The van der Waals surface area contributed by atoms with Crippen LogP contribution in [0.15, 0.2) is 18.2 Å². The molecule has 0 spiro atoms.